The molecule has 0 bridgehead atoms. The van der Waals surface area contributed by atoms with Crippen molar-refractivity contribution in [2.45, 2.75) is 26.8 Å². The molecule has 0 unspecified atom stereocenters. The first-order valence-electron chi connectivity index (χ1n) is 4.66. The van der Waals surface area contributed by atoms with Crippen LogP contribution in [-0.4, -0.2) is 22.6 Å². The van der Waals surface area contributed by atoms with Crippen LogP contribution < -0.4 is 10.6 Å². The summed E-state index contributed by atoms with van der Waals surface area (Å²) in [4.78, 5) is 8.09. The molecule has 0 saturated carbocycles. The van der Waals surface area contributed by atoms with Crippen LogP contribution in [0.25, 0.3) is 0 Å². The lowest BCUT2D eigenvalue weighted by Gasteiger charge is -2.10. The minimum absolute atomic E-state index is 0.256. The third-order valence-corrected chi connectivity index (χ3v) is 1.66. The molecule has 2 N–H and O–H groups in total. The Labute approximate surface area is 89.1 Å². The van der Waals surface area contributed by atoms with Crippen LogP contribution in [0.5, 0.6) is 0 Å². The Morgan fingerprint density at radius 2 is 2.00 bits per heavy atom. The van der Waals surface area contributed by atoms with Gasteiger partial charge in [-0.2, -0.15) is 0 Å². The van der Waals surface area contributed by atoms with Crippen LogP contribution in [0.1, 0.15) is 20.8 Å². The van der Waals surface area contributed by atoms with E-state index in [-0.39, 0.29) is 5.28 Å². The predicted octanol–water partition coefficient (Wildman–Crippen LogP) is 2.38. The average Bonchev–Trinajstić information content (AvgIpc) is 2.01. The fraction of sp³-hybridized carbons (Fsp3) is 0.556. The van der Waals surface area contributed by atoms with Crippen LogP contribution in [-0.2, 0) is 0 Å². The topological polar surface area (TPSA) is 49.8 Å². The number of aromatic nitrogens is 2. The Bertz CT molecular complexity index is 301. The first-order valence-corrected chi connectivity index (χ1v) is 5.04. The van der Waals surface area contributed by atoms with Gasteiger partial charge in [-0.25, -0.2) is 9.97 Å². The highest BCUT2D eigenvalue weighted by molar-refractivity contribution is 6.28. The van der Waals surface area contributed by atoms with E-state index in [4.69, 9.17) is 11.6 Å². The van der Waals surface area contributed by atoms with E-state index in [0.29, 0.717) is 6.04 Å². The molecule has 1 rings (SSSR count). The number of nitrogens with one attached hydrogen (secondary N) is 2. The lowest BCUT2D eigenvalue weighted by Crippen LogP contribution is -2.12. The first-order chi connectivity index (χ1) is 6.61. The fourth-order valence-corrected chi connectivity index (χ4v) is 1.24. The van der Waals surface area contributed by atoms with Crippen LogP contribution in [0.15, 0.2) is 6.07 Å². The third kappa shape index (κ3) is 3.38. The zero-order valence-electron chi connectivity index (χ0n) is 8.63. The maximum Gasteiger partial charge on any atom is 0.226 e. The van der Waals surface area contributed by atoms with E-state index in [0.717, 1.165) is 18.2 Å². The second kappa shape index (κ2) is 5.00. The average molecular weight is 215 g/mol. The number of hydrogen-bond acceptors (Lipinski definition) is 4. The van der Waals surface area contributed by atoms with Crippen molar-refractivity contribution in [2.24, 2.45) is 0 Å². The van der Waals surface area contributed by atoms with Crippen molar-refractivity contribution in [2.75, 3.05) is 17.2 Å². The van der Waals surface area contributed by atoms with Crippen molar-refractivity contribution in [1.82, 2.24) is 9.97 Å². The van der Waals surface area contributed by atoms with Crippen molar-refractivity contribution in [3.8, 4) is 0 Å². The standard InChI is InChI=1S/C9H15ClN4/c1-4-11-7-5-8(12-6(2)3)14-9(10)13-7/h5-6H,4H2,1-3H3,(H2,11,12,13,14). The minimum Gasteiger partial charge on any atom is -0.370 e. The third-order valence-electron chi connectivity index (χ3n) is 1.49. The molecule has 0 radical (unpaired) electrons. The van der Waals surface area contributed by atoms with Crippen molar-refractivity contribution >= 4 is 23.2 Å². The van der Waals surface area contributed by atoms with Crippen LogP contribution in [0.2, 0.25) is 5.28 Å². The van der Waals surface area contributed by atoms with Crippen molar-refractivity contribution in [3.05, 3.63) is 11.3 Å². The normalized spacial score (nSPS) is 10.4. The van der Waals surface area contributed by atoms with Gasteiger partial charge < -0.3 is 10.6 Å². The van der Waals surface area contributed by atoms with Crippen LogP contribution >= 0.6 is 11.6 Å². The Morgan fingerprint density at radius 3 is 2.57 bits per heavy atom. The molecular weight excluding hydrogens is 200 g/mol. The van der Waals surface area contributed by atoms with Gasteiger partial charge in [0.25, 0.3) is 0 Å². The second-order valence-corrected chi connectivity index (χ2v) is 3.57. The fourth-order valence-electron chi connectivity index (χ4n) is 1.06. The molecule has 0 atom stereocenters. The smallest absolute Gasteiger partial charge is 0.226 e. The highest BCUT2D eigenvalue weighted by Crippen LogP contribution is 2.14. The van der Waals surface area contributed by atoms with E-state index in [1.165, 1.54) is 0 Å². The van der Waals surface area contributed by atoms with E-state index >= 15 is 0 Å². The molecule has 78 valence electrons. The summed E-state index contributed by atoms with van der Waals surface area (Å²) < 4.78 is 0. The quantitative estimate of drug-likeness (QED) is 0.756. The van der Waals surface area contributed by atoms with Crippen LogP contribution in [0.4, 0.5) is 11.6 Å². The molecule has 0 aromatic carbocycles. The van der Waals surface area contributed by atoms with Gasteiger partial charge in [0.05, 0.1) is 0 Å². The summed E-state index contributed by atoms with van der Waals surface area (Å²) in [6.07, 6.45) is 0. The van der Waals surface area contributed by atoms with Gasteiger partial charge in [-0.05, 0) is 32.4 Å². The molecule has 0 amide bonds. The number of hydrogen-bond donors (Lipinski definition) is 2. The van der Waals surface area contributed by atoms with Crippen LogP contribution in [0.3, 0.4) is 0 Å². The first kappa shape index (κ1) is 11.0. The number of anilines is 2. The van der Waals surface area contributed by atoms with Gasteiger partial charge in [0, 0.05) is 18.7 Å². The van der Waals surface area contributed by atoms with Gasteiger partial charge in [0.2, 0.25) is 5.28 Å². The number of nitrogens with zero attached hydrogens (tertiary/aromatic N) is 2. The molecule has 0 fully saturated rings. The highest BCUT2D eigenvalue weighted by atomic mass is 35.5. The lowest BCUT2D eigenvalue weighted by atomic mass is 10.4. The Kier molecular flexibility index (Phi) is 3.95. The molecule has 0 spiro atoms. The Balaban J connectivity index is 2.83. The summed E-state index contributed by atoms with van der Waals surface area (Å²) >= 11 is 5.77. The van der Waals surface area contributed by atoms with Gasteiger partial charge in [0.15, 0.2) is 0 Å². The summed E-state index contributed by atoms with van der Waals surface area (Å²) in [5.41, 5.74) is 0. The van der Waals surface area contributed by atoms with Gasteiger partial charge >= 0.3 is 0 Å². The molecule has 0 aliphatic rings. The summed E-state index contributed by atoms with van der Waals surface area (Å²) in [6.45, 7) is 6.91. The molecule has 1 heterocycles. The minimum atomic E-state index is 0.256. The molecule has 0 aliphatic carbocycles. The van der Waals surface area contributed by atoms with E-state index in [2.05, 4.69) is 20.6 Å². The van der Waals surface area contributed by atoms with Gasteiger partial charge in [0.1, 0.15) is 11.6 Å². The van der Waals surface area contributed by atoms with Crippen molar-refractivity contribution in [1.29, 1.82) is 0 Å². The van der Waals surface area contributed by atoms with Gasteiger partial charge in [-0.1, -0.05) is 0 Å². The molecule has 5 heteroatoms. The Hall–Kier alpha value is -1.03. The van der Waals surface area contributed by atoms with E-state index in [9.17, 15) is 0 Å². The van der Waals surface area contributed by atoms with Gasteiger partial charge in [-0.15, -0.1) is 0 Å². The summed E-state index contributed by atoms with van der Waals surface area (Å²) in [5, 5.41) is 6.51. The molecule has 14 heavy (non-hydrogen) atoms. The van der Waals surface area contributed by atoms with E-state index in [1.807, 2.05) is 26.8 Å². The molecule has 0 saturated heterocycles. The maximum atomic E-state index is 5.77. The highest BCUT2D eigenvalue weighted by Gasteiger charge is 2.02. The summed E-state index contributed by atoms with van der Waals surface area (Å²) in [5.74, 6) is 1.49. The molecule has 4 nitrogen and oxygen atoms in total. The SMILES string of the molecule is CCNc1cc(NC(C)C)nc(Cl)n1. The number of halogens is 1. The van der Waals surface area contributed by atoms with E-state index in [1.54, 1.807) is 0 Å². The van der Waals surface area contributed by atoms with Crippen LogP contribution in [0, 0.1) is 0 Å². The second-order valence-electron chi connectivity index (χ2n) is 3.24. The largest absolute Gasteiger partial charge is 0.370 e. The summed E-state index contributed by atoms with van der Waals surface area (Å²) in [6, 6.07) is 2.17. The molecule has 1 aromatic rings. The van der Waals surface area contributed by atoms with E-state index < -0.39 is 0 Å². The molecular formula is C9H15ClN4. The molecule has 1 aromatic heterocycles. The zero-order chi connectivity index (χ0) is 10.6. The van der Waals surface area contributed by atoms with Gasteiger partial charge in [-0.3, -0.25) is 0 Å². The number of rotatable bonds is 4. The monoisotopic (exact) mass is 214 g/mol. The lowest BCUT2D eigenvalue weighted by molar-refractivity contribution is 0.886. The van der Waals surface area contributed by atoms with Crippen molar-refractivity contribution in [3.63, 3.8) is 0 Å². The molecule has 0 aliphatic heterocycles. The zero-order valence-corrected chi connectivity index (χ0v) is 9.39. The van der Waals surface area contributed by atoms with Crippen molar-refractivity contribution < 1.29 is 0 Å². The maximum absolute atomic E-state index is 5.77. The predicted molar refractivity (Wildman–Crippen MR) is 60.0 cm³/mol. The summed E-state index contributed by atoms with van der Waals surface area (Å²) in [7, 11) is 0. The Morgan fingerprint density at radius 1 is 1.36 bits per heavy atom.